The lowest BCUT2D eigenvalue weighted by Gasteiger charge is -2.10. The van der Waals surface area contributed by atoms with Crippen LogP contribution in [-0.4, -0.2) is 15.7 Å². The first-order chi connectivity index (χ1) is 16.3. The monoisotopic (exact) mass is 513 g/mol. The molecule has 0 fully saturated rings. The Morgan fingerprint density at radius 3 is 2.35 bits per heavy atom. The van der Waals surface area contributed by atoms with E-state index in [1.807, 2.05) is 44.2 Å². The van der Waals surface area contributed by atoms with Gasteiger partial charge in [0, 0.05) is 32.9 Å². The van der Waals surface area contributed by atoms with Crippen molar-refractivity contribution < 1.29 is 9.53 Å². The summed E-state index contributed by atoms with van der Waals surface area (Å²) in [6.07, 6.45) is 1.78. The van der Waals surface area contributed by atoms with Gasteiger partial charge in [0.2, 0.25) is 0 Å². The van der Waals surface area contributed by atoms with Gasteiger partial charge in [0.25, 0.3) is 5.91 Å². The van der Waals surface area contributed by atoms with E-state index in [2.05, 4.69) is 10.4 Å². The number of ether oxygens (including phenoxy) is 1. The molecule has 4 aromatic rings. The molecule has 0 radical (unpaired) electrons. The molecule has 0 bridgehead atoms. The second-order valence-corrected chi connectivity index (χ2v) is 9.17. The van der Waals surface area contributed by atoms with Crippen LogP contribution in [0.4, 0.5) is 5.82 Å². The van der Waals surface area contributed by atoms with Crippen LogP contribution in [0.15, 0.2) is 66.9 Å². The molecule has 3 aromatic carbocycles. The van der Waals surface area contributed by atoms with Gasteiger partial charge in [-0.05, 0) is 72.5 Å². The van der Waals surface area contributed by atoms with E-state index in [1.165, 1.54) is 0 Å². The van der Waals surface area contributed by atoms with Crippen molar-refractivity contribution in [3.05, 3.63) is 110 Å². The summed E-state index contributed by atoms with van der Waals surface area (Å²) in [5.41, 5.74) is 4.31. The first-order valence-corrected chi connectivity index (χ1v) is 11.7. The van der Waals surface area contributed by atoms with Crippen molar-refractivity contribution in [1.82, 2.24) is 9.78 Å². The Morgan fingerprint density at radius 1 is 0.971 bits per heavy atom. The van der Waals surface area contributed by atoms with Crippen LogP contribution in [0.2, 0.25) is 15.1 Å². The maximum atomic E-state index is 12.6. The average molecular weight is 515 g/mol. The molecule has 1 aromatic heterocycles. The topological polar surface area (TPSA) is 56.1 Å². The summed E-state index contributed by atoms with van der Waals surface area (Å²) in [5.74, 6) is 0.971. The van der Waals surface area contributed by atoms with Crippen molar-refractivity contribution in [3.8, 4) is 5.75 Å². The summed E-state index contributed by atoms with van der Waals surface area (Å²) < 4.78 is 7.58. The molecule has 5 nitrogen and oxygen atoms in total. The quantitative estimate of drug-likeness (QED) is 0.281. The van der Waals surface area contributed by atoms with Gasteiger partial charge in [0.05, 0.1) is 6.54 Å². The fraction of sp³-hybridized carbons (Fsp3) is 0.154. The van der Waals surface area contributed by atoms with Crippen LogP contribution in [-0.2, 0) is 13.2 Å². The number of carbonyl (C=O) groups excluding carboxylic acids is 1. The van der Waals surface area contributed by atoms with Gasteiger partial charge in [-0.1, -0.05) is 53.0 Å². The van der Waals surface area contributed by atoms with E-state index in [4.69, 9.17) is 39.5 Å². The van der Waals surface area contributed by atoms with Gasteiger partial charge < -0.3 is 10.1 Å². The predicted octanol–water partition coefficient (Wildman–Crippen LogP) is 7.34. The zero-order chi connectivity index (χ0) is 24.2. The highest BCUT2D eigenvalue weighted by atomic mass is 35.5. The molecule has 1 heterocycles. The standard InChI is InChI=1S/C26H22Cl3N3O2/c1-16-11-22(12-17(2)25(16)29)34-15-18-3-5-19(6-4-18)26(33)30-24-9-10-32(31-24)14-20-7-8-21(27)13-23(20)28/h3-13H,14-15H2,1-2H3,(H,30,31,33). The Kier molecular flexibility index (Phi) is 7.47. The molecule has 0 saturated heterocycles. The summed E-state index contributed by atoms with van der Waals surface area (Å²) >= 11 is 18.4. The summed E-state index contributed by atoms with van der Waals surface area (Å²) in [5, 5.41) is 9.11. The second kappa shape index (κ2) is 10.5. The first kappa shape index (κ1) is 24.1. The van der Waals surface area contributed by atoms with Crippen LogP contribution < -0.4 is 10.1 Å². The van der Waals surface area contributed by atoms with Crippen LogP contribution in [0.3, 0.4) is 0 Å². The number of amides is 1. The summed E-state index contributed by atoms with van der Waals surface area (Å²) in [7, 11) is 0. The van der Waals surface area contributed by atoms with Gasteiger partial charge in [-0.3, -0.25) is 9.48 Å². The number of hydrogen-bond acceptors (Lipinski definition) is 3. The average Bonchev–Trinajstić information content (AvgIpc) is 3.25. The highest BCUT2D eigenvalue weighted by Crippen LogP contribution is 2.26. The molecular formula is C26H22Cl3N3O2. The number of hydrogen-bond donors (Lipinski definition) is 1. The Bertz CT molecular complexity index is 1310. The fourth-order valence-electron chi connectivity index (χ4n) is 3.44. The van der Waals surface area contributed by atoms with Gasteiger partial charge >= 0.3 is 0 Å². The molecule has 0 unspecified atom stereocenters. The number of benzene rings is 3. The Morgan fingerprint density at radius 2 is 1.68 bits per heavy atom. The molecule has 0 aliphatic rings. The van der Waals surface area contributed by atoms with E-state index in [1.54, 1.807) is 41.2 Å². The van der Waals surface area contributed by atoms with E-state index in [9.17, 15) is 4.79 Å². The van der Waals surface area contributed by atoms with Crippen LogP contribution in [0.25, 0.3) is 0 Å². The molecule has 8 heteroatoms. The van der Waals surface area contributed by atoms with E-state index < -0.39 is 0 Å². The molecule has 1 amide bonds. The van der Waals surface area contributed by atoms with Crippen LogP contribution in [0.1, 0.15) is 32.6 Å². The molecule has 0 atom stereocenters. The Labute approximate surface area is 213 Å². The third-order valence-electron chi connectivity index (χ3n) is 5.26. The first-order valence-electron chi connectivity index (χ1n) is 10.6. The molecule has 0 spiro atoms. The SMILES string of the molecule is Cc1cc(OCc2ccc(C(=O)Nc3ccn(Cc4ccc(Cl)cc4Cl)n3)cc2)cc(C)c1Cl. The minimum atomic E-state index is -0.244. The number of carbonyl (C=O) groups is 1. The maximum absolute atomic E-state index is 12.6. The molecule has 174 valence electrons. The molecule has 0 aliphatic carbocycles. The lowest BCUT2D eigenvalue weighted by Crippen LogP contribution is -2.13. The van der Waals surface area contributed by atoms with Crippen LogP contribution in [0.5, 0.6) is 5.75 Å². The van der Waals surface area contributed by atoms with Crippen LogP contribution in [0, 0.1) is 13.8 Å². The van der Waals surface area contributed by atoms with Crippen molar-refractivity contribution >= 4 is 46.5 Å². The lowest BCUT2D eigenvalue weighted by atomic mass is 10.1. The Balaban J connectivity index is 1.34. The number of halogens is 3. The van der Waals surface area contributed by atoms with E-state index in [0.29, 0.717) is 34.6 Å². The maximum Gasteiger partial charge on any atom is 0.256 e. The summed E-state index contributed by atoms with van der Waals surface area (Å²) in [4.78, 5) is 12.6. The van der Waals surface area contributed by atoms with Gasteiger partial charge in [0.1, 0.15) is 12.4 Å². The summed E-state index contributed by atoms with van der Waals surface area (Å²) in [6, 6.07) is 18.1. The molecule has 0 saturated carbocycles. The number of nitrogens with one attached hydrogen (secondary N) is 1. The predicted molar refractivity (Wildman–Crippen MR) is 137 cm³/mol. The van der Waals surface area contributed by atoms with Crippen molar-refractivity contribution in [2.24, 2.45) is 0 Å². The smallest absolute Gasteiger partial charge is 0.256 e. The van der Waals surface area contributed by atoms with E-state index in [-0.39, 0.29) is 5.91 Å². The fourth-order valence-corrected chi connectivity index (χ4v) is 4.02. The van der Waals surface area contributed by atoms with Crippen molar-refractivity contribution in [2.45, 2.75) is 27.0 Å². The molecule has 34 heavy (non-hydrogen) atoms. The molecule has 4 rings (SSSR count). The van der Waals surface area contributed by atoms with Gasteiger partial charge in [-0.15, -0.1) is 0 Å². The van der Waals surface area contributed by atoms with Crippen molar-refractivity contribution in [3.63, 3.8) is 0 Å². The normalized spacial score (nSPS) is 10.9. The largest absolute Gasteiger partial charge is 0.489 e. The number of aryl methyl sites for hydroxylation is 2. The minimum Gasteiger partial charge on any atom is -0.489 e. The van der Waals surface area contributed by atoms with E-state index in [0.717, 1.165) is 33.0 Å². The number of anilines is 1. The lowest BCUT2D eigenvalue weighted by molar-refractivity contribution is 0.102. The zero-order valence-electron chi connectivity index (χ0n) is 18.6. The highest BCUT2D eigenvalue weighted by Gasteiger charge is 2.10. The molecule has 0 aliphatic heterocycles. The van der Waals surface area contributed by atoms with Crippen molar-refractivity contribution in [1.29, 1.82) is 0 Å². The molecule has 1 N–H and O–H groups in total. The highest BCUT2D eigenvalue weighted by molar-refractivity contribution is 6.35. The summed E-state index contributed by atoms with van der Waals surface area (Å²) in [6.45, 7) is 4.75. The zero-order valence-corrected chi connectivity index (χ0v) is 20.9. The third kappa shape index (κ3) is 5.92. The van der Waals surface area contributed by atoms with Gasteiger partial charge in [0.15, 0.2) is 5.82 Å². The number of nitrogens with zero attached hydrogens (tertiary/aromatic N) is 2. The molecular weight excluding hydrogens is 493 g/mol. The van der Waals surface area contributed by atoms with Gasteiger partial charge in [-0.25, -0.2) is 0 Å². The van der Waals surface area contributed by atoms with E-state index >= 15 is 0 Å². The second-order valence-electron chi connectivity index (χ2n) is 7.95. The number of aromatic nitrogens is 2. The number of rotatable bonds is 7. The third-order valence-corrected chi connectivity index (χ3v) is 6.44. The van der Waals surface area contributed by atoms with Crippen molar-refractivity contribution in [2.75, 3.05) is 5.32 Å². The Hall–Kier alpha value is -2.99. The minimum absolute atomic E-state index is 0.244. The van der Waals surface area contributed by atoms with Gasteiger partial charge in [-0.2, -0.15) is 5.10 Å². The van der Waals surface area contributed by atoms with Crippen LogP contribution >= 0.6 is 34.8 Å².